The topological polar surface area (TPSA) is 99.4 Å². The van der Waals surface area contributed by atoms with Crippen molar-refractivity contribution in [3.05, 3.63) is 61.0 Å². The molecule has 0 bridgehead atoms. The quantitative estimate of drug-likeness (QED) is 0.428. The number of aliphatic hydroxyl groups excluding tert-OH is 4. The number of benzene rings is 2. The summed E-state index contributed by atoms with van der Waals surface area (Å²) in [6, 6.07) is 9.10. The van der Waals surface area contributed by atoms with Gasteiger partial charge in [0.25, 0.3) is 0 Å². The van der Waals surface area contributed by atoms with Crippen molar-refractivity contribution in [1.82, 2.24) is 0 Å². The average molecular weight is 567 g/mol. The van der Waals surface area contributed by atoms with Crippen molar-refractivity contribution in [2.75, 3.05) is 13.2 Å². The van der Waals surface area contributed by atoms with E-state index in [1.165, 1.54) is 0 Å². The summed E-state index contributed by atoms with van der Waals surface area (Å²) in [4.78, 5) is 0. The smallest absolute Gasteiger partial charge is 0.147 e. The van der Waals surface area contributed by atoms with E-state index in [0.717, 1.165) is 25.8 Å². The van der Waals surface area contributed by atoms with Gasteiger partial charge in [-0.25, -0.2) is 0 Å². The number of halogens is 3. The van der Waals surface area contributed by atoms with Gasteiger partial charge in [0.2, 0.25) is 0 Å². The molecule has 5 atom stereocenters. The number of hydrogen-bond acceptors (Lipinski definition) is 6. The second-order valence-corrected chi connectivity index (χ2v) is 9.21. The second kappa shape index (κ2) is 10.3. The zero-order valence-corrected chi connectivity index (χ0v) is 20.1. The van der Waals surface area contributed by atoms with Crippen LogP contribution < -0.4 is 4.74 Å². The molecule has 9 heteroatoms. The highest BCUT2D eigenvalue weighted by molar-refractivity contribution is 9.11. The van der Waals surface area contributed by atoms with E-state index < -0.39 is 37.1 Å². The zero-order valence-electron chi connectivity index (χ0n) is 16.1. The molecule has 0 saturated carbocycles. The molecule has 0 radical (unpaired) electrons. The van der Waals surface area contributed by atoms with Crippen LogP contribution in [0.25, 0.3) is 0 Å². The van der Waals surface area contributed by atoms with E-state index in [2.05, 4.69) is 31.9 Å². The van der Waals surface area contributed by atoms with Crippen LogP contribution in [0.5, 0.6) is 5.75 Å². The molecule has 1 heterocycles. The maximum Gasteiger partial charge on any atom is 0.147 e. The minimum absolute atomic E-state index is 0.476. The van der Waals surface area contributed by atoms with Crippen molar-refractivity contribution < 1.29 is 29.9 Å². The highest BCUT2D eigenvalue weighted by atomic mass is 79.9. The van der Waals surface area contributed by atoms with Crippen LogP contribution in [0.4, 0.5) is 0 Å². The molecule has 3 rings (SSSR count). The molecule has 0 unspecified atom stereocenters. The van der Waals surface area contributed by atoms with Crippen LogP contribution in [0.3, 0.4) is 0 Å². The fourth-order valence-corrected chi connectivity index (χ4v) is 5.20. The number of rotatable bonds is 6. The van der Waals surface area contributed by atoms with Crippen molar-refractivity contribution in [1.29, 1.82) is 0 Å². The second-order valence-electron chi connectivity index (χ2n) is 7.10. The van der Waals surface area contributed by atoms with Crippen molar-refractivity contribution in [2.45, 2.75) is 43.9 Å². The zero-order chi connectivity index (χ0) is 22.0. The first kappa shape index (κ1) is 23.9. The molecule has 2 aromatic carbocycles. The Morgan fingerprint density at radius 3 is 2.30 bits per heavy atom. The lowest BCUT2D eigenvalue weighted by atomic mass is 9.90. The maximum atomic E-state index is 10.4. The van der Waals surface area contributed by atoms with Crippen molar-refractivity contribution in [3.8, 4) is 5.75 Å². The molecular formula is C21H23Br2ClO6. The largest absolute Gasteiger partial charge is 0.492 e. The lowest BCUT2D eigenvalue weighted by molar-refractivity contribution is -0.231. The molecular weight excluding hydrogens is 543 g/mol. The predicted molar refractivity (Wildman–Crippen MR) is 120 cm³/mol. The predicted octanol–water partition coefficient (Wildman–Crippen LogP) is 3.37. The average Bonchev–Trinajstić information content (AvgIpc) is 2.71. The SMILES string of the molecule is CCOc1c(Br)cc(Cc2cc([C@@H]3O[C@H](CO)[C@@H](O)[C@H](O)[C@H]3O)ccc2Cl)cc1Br. The fraction of sp³-hybridized carbons (Fsp3) is 0.429. The third-order valence-electron chi connectivity index (χ3n) is 5.03. The van der Waals surface area contributed by atoms with Gasteiger partial charge in [-0.3, -0.25) is 0 Å². The Balaban J connectivity index is 1.89. The van der Waals surface area contributed by atoms with Gasteiger partial charge in [0, 0.05) is 5.02 Å². The summed E-state index contributed by atoms with van der Waals surface area (Å²) in [6.07, 6.45) is -5.54. The minimum atomic E-state index is -1.43. The van der Waals surface area contributed by atoms with E-state index in [9.17, 15) is 20.4 Å². The van der Waals surface area contributed by atoms with Gasteiger partial charge < -0.3 is 29.9 Å². The Morgan fingerprint density at radius 2 is 1.70 bits per heavy atom. The molecule has 0 amide bonds. The first-order chi connectivity index (χ1) is 14.3. The van der Waals surface area contributed by atoms with Gasteiger partial charge in [-0.2, -0.15) is 0 Å². The van der Waals surface area contributed by atoms with Crippen LogP contribution in [0.1, 0.15) is 29.7 Å². The highest BCUT2D eigenvalue weighted by Crippen LogP contribution is 2.37. The summed E-state index contributed by atoms with van der Waals surface area (Å²) in [5, 5.41) is 40.4. The standard InChI is InChI=1S/C21H23Br2ClO6/c1-2-29-21-13(22)6-10(7-14(21)23)5-12-8-11(3-4-15(12)24)20-19(28)18(27)17(26)16(9-25)30-20/h3-4,6-8,16-20,25-28H,2,5,9H2,1H3/t16-,17-,18+,19-,20+/m1/s1. The van der Waals surface area contributed by atoms with Gasteiger partial charge in [-0.15, -0.1) is 0 Å². The third-order valence-corrected chi connectivity index (χ3v) is 6.58. The van der Waals surface area contributed by atoms with E-state index >= 15 is 0 Å². The van der Waals surface area contributed by atoms with Gasteiger partial charge in [-0.05, 0) is 80.1 Å². The Hall–Kier alpha value is -0.710. The lowest BCUT2D eigenvalue weighted by Crippen LogP contribution is -2.55. The van der Waals surface area contributed by atoms with Crippen molar-refractivity contribution in [3.63, 3.8) is 0 Å². The van der Waals surface area contributed by atoms with E-state index in [0.29, 0.717) is 23.6 Å². The normalized spacial score (nSPS) is 26.6. The lowest BCUT2D eigenvalue weighted by Gasteiger charge is -2.40. The van der Waals surface area contributed by atoms with Crippen LogP contribution in [0.2, 0.25) is 5.02 Å². The third kappa shape index (κ3) is 5.02. The van der Waals surface area contributed by atoms with Crippen molar-refractivity contribution in [2.24, 2.45) is 0 Å². The number of ether oxygens (including phenoxy) is 2. The van der Waals surface area contributed by atoms with Gasteiger partial charge in [0.1, 0.15) is 36.3 Å². The van der Waals surface area contributed by atoms with Gasteiger partial charge >= 0.3 is 0 Å². The van der Waals surface area contributed by atoms with Crippen LogP contribution in [0, 0.1) is 0 Å². The summed E-state index contributed by atoms with van der Waals surface area (Å²) in [7, 11) is 0. The summed E-state index contributed by atoms with van der Waals surface area (Å²) >= 11 is 13.5. The van der Waals surface area contributed by atoms with Crippen LogP contribution in [-0.2, 0) is 11.2 Å². The maximum absolute atomic E-state index is 10.4. The van der Waals surface area contributed by atoms with Crippen LogP contribution in [0.15, 0.2) is 39.3 Å². The van der Waals surface area contributed by atoms with Gasteiger partial charge in [0.05, 0.1) is 22.2 Å². The number of aliphatic hydroxyl groups is 4. The monoisotopic (exact) mass is 564 g/mol. The molecule has 2 aromatic rings. The number of hydrogen-bond donors (Lipinski definition) is 4. The van der Waals surface area contributed by atoms with Crippen molar-refractivity contribution >= 4 is 43.5 Å². The van der Waals surface area contributed by atoms with E-state index in [-0.39, 0.29) is 0 Å². The first-order valence-corrected chi connectivity index (χ1v) is 11.4. The summed E-state index contributed by atoms with van der Waals surface area (Å²) in [5.41, 5.74) is 2.37. The Morgan fingerprint density at radius 1 is 1.03 bits per heavy atom. The molecule has 30 heavy (non-hydrogen) atoms. The molecule has 1 fully saturated rings. The molecule has 0 spiro atoms. The first-order valence-electron chi connectivity index (χ1n) is 9.46. The molecule has 1 aliphatic rings. The van der Waals surface area contributed by atoms with Crippen LogP contribution >= 0.6 is 43.5 Å². The molecule has 0 aromatic heterocycles. The Kier molecular flexibility index (Phi) is 8.20. The summed E-state index contributed by atoms with van der Waals surface area (Å²) < 4.78 is 12.9. The molecule has 6 nitrogen and oxygen atoms in total. The van der Waals surface area contributed by atoms with Crippen LogP contribution in [-0.4, -0.2) is 58.1 Å². The van der Waals surface area contributed by atoms with Gasteiger partial charge in [0.15, 0.2) is 0 Å². The van der Waals surface area contributed by atoms with Gasteiger partial charge in [-0.1, -0.05) is 23.7 Å². The molecule has 0 aliphatic carbocycles. The Labute approximate surface area is 196 Å². The molecule has 164 valence electrons. The van der Waals surface area contributed by atoms with E-state index in [1.54, 1.807) is 18.2 Å². The van der Waals surface area contributed by atoms with E-state index in [1.807, 2.05) is 19.1 Å². The Bertz CT molecular complexity index is 871. The van der Waals surface area contributed by atoms with E-state index in [4.69, 9.17) is 21.1 Å². The highest BCUT2D eigenvalue weighted by Gasteiger charge is 2.44. The molecule has 1 aliphatic heterocycles. The molecule has 4 N–H and O–H groups in total. The molecule has 1 saturated heterocycles. The summed E-state index contributed by atoms with van der Waals surface area (Å²) in [5.74, 6) is 0.724. The fourth-order valence-electron chi connectivity index (χ4n) is 3.50. The minimum Gasteiger partial charge on any atom is -0.492 e. The summed E-state index contributed by atoms with van der Waals surface area (Å²) in [6.45, 7) is 1.98.